The van der Waals surface area contributed by atoms with Crippen molar-refractivity contribution < 1.29 is 9.53 Å². The molecule has 1 aliphatic heterocycles. The molecule has 2 aromatic carbocycles. The highest BCUT2D eigenvalue weighted by Crippen LogP contribution is 2.46. The van der Waals surface area contributed by atoms with Crippen molar-refractivity contribution in [2.75, 3.05) is 26.7 Å². The molecule has 0 amide bonds. The Labute approximate surface area is 208 Å². The minimum Gasteiger partial charge on any atom is -0.449 e. The van der Waals surface area contributed by atoms with E-state index < -0.39 is 0 Å². The van der Waals surface area contributed by atoms with E-state index in [1.54, 1.807) is 4.57 Å². The molecule has 2 heterocycles. The molecule has 35 heavy (non-hydrogen) atoms. The van der Waals surface area contributed by atoms with Crippen molar-refractivity contribution in [1.29, 1.82) is 5.26 Å². The number of rotatable bonds is 7. The van der Waals surface area contributed by atoms with E-state index in [-0.39, 0.29) is 6.09 Å². The number of nitrogens with zero attached hydrogens (tertiary/aromatic N) is 3. The second kappa shape index (κ2) is 9.87. The number of nitriles is 1. The topological polar surface area (TPSA) is 58.3 Å². The van der Waals surface area contributed by atoms with Crippen molar-refractivity contribution in [3.8, 4) is 6.07 Å². The van der Waals surface area contributed by atoms with Crippen molar-refractivity contribution in [2.45, 2.75) is 57.8 Å². The van der Waals surface area contributed by atoms with Crippen LogP contribution in [0.3, 0.4) is 0 Å². The maximum atomic E-state index is 12.9. The molecule has 182 valence electrons. The third-order valence-corrected chi connectivity index (χ3v) is 7.80. The first-order chi connectivity index (χ1) is 17.0. The van der Waals surface area contributed by atoms with Crippen LogP contribution in [0.5, 0.6) is 0 Å². The Hall–Kier alpha value is -3.10. The highest BCUT2D eigenvalue weighted by atomic mass is 16.5. The van der Waals surface area contributed by atoms with Crippen LogP contribution in [-0.4, -0.2) is 42.3 Å². The van der Waals surface area contributed by atoms with E-state index in [1.165, 1.54) is 34.9 Å². The van der Waals surface area contributed by atoms with Gasteiger partial charge in [0.1, 0.15) is 0 Å². The summed E-state index contributed by atoms with van der Waals surface area (Å²) in [5.41, 5.74) is 7.04. The molecule has 1 saturated heterocycles. The molecule has 0 spiro atoms. The van der Waals surface area contributed by atoms with Crippen LogP contribution < -0.4 is 0 Å². The van der Waals surface area contributed by atoms with Crippen molar-refractivity contribution in [3.63, 3.8) is 0 Å². The third-order valence-electron chi connectivity index (χ3n) is 7.80. The fraction of sp³-hybridized carbons (Fsp3) is 0.467. The number of likely N-dealkylation sites (N-methyl/N-ethyl adjacent to an activating group) is 1. The van der Waals surface area contributed by atoms with Gasteiger partial charge in [0.15, 0.2) is 0 Å². The Morgan fingerprint density at radius 2 is 1.94 bits per heavy atom. The molecular formula is C30H35N3O2. The molecule has 0 N–H and O–H groups in total. The van der Waals surface area contributed by atoms with Crippen LogP contribution in [0, 0.1) is 24.2 Å². The Bertz CT molecular complexity index is 1260. The van der Waals surface area contributed by atoms with Gasteiger partial charge in [-0.15, -0.1) is 0 Å². The van der Waals surface area contributed by atoms with Gasteiger partial charge in [-0.25, -0.2) is 4.79 Å². The molecule has 2 atom stereocenters. The largest absolute Gasteiger partial charge is 0.449 e. The second-order valence-electron chi connectivity index (χ2n) is 10.5. The SMILES string of the molecule is CCCCOC(=O)n1ccc2c(C[C@@H]3CN(C)C[C@H]3c3ccc(C#N)cc3)c(C3CC3)cc(C)c21. The summed E-state index contributed by atoms with van der Waals surface area (Å²) in [4.78, 5) is 15.3. The summed E-state index contributed by atoms with van der Waals surface area (Å²) >= 11 is 0. The molecule has 0 unspecified atom stereocenters. The smallest absolute Gasteiger partial charge is 0.418 e. The van der Waals surface area contributed by atoms with Gasteiger partial charge < -0.3 is 9.64 Å². The highest BCUT2D eigenvalue weighted by molar-refractivity contribution is 5.94. The number of carbonyl (C=O) groups is 1. The standard InChI is InChI=1S/C30H35N3O2/c1-4-5-14-35-30(34)33-13-12-25-27(26(22-10-11-22)15-20(2)29(25)33)16-24-18-32(3)19-28(24)23-8-6-21(17-31)7-9-23/h6-9,12-13,15,22,24,28H,4-5,10-11,14,16,18-19H2,1-3H3/t24-,28+/m1/s1. The van der Waals surface area contributed by atoms with E-state index in [4.69, 9.17) is 4.74 Å². The monoisotopic (exact) mass is 469 g/mol. The van der Waals surface area contributed by atoms with E-state index in [0.29, 0.717) is 29.9 Å². The van der Waals surface area contributed by atoms with Crippen LogP contribution in [0.2, 0.25) is 0 Å². The van der Waals surface area contributed by atoms with Crippen molar-refractivity contribution >= 4 is 17.0 Å². The lowest BCUT2D eigenvalue weighted by Gasteiger charge is -2.22. The molecule has 3 aromatic rings. The van der Waals surface area contributed by atoms with Crippen molar-refractivity contribution in [2.24, 2.45) is 5.92 Å². The van der Waals surface area contributed by atoms with E-state index in [2.05, 4.69) is 56.1 Å². The van der Waals surface area contributed by atoms with E-state index >= 15 is 0 Å². The quantitative estimate of drug-likeness (QED) is 0.377. The highest BCUT2D eigenvalue weighted by Gasteiger charge is 2.35. The first-order valence-electron chi connectivity index (χ1n) is 13.0. The second-order valence-corrected chi connectivity index (χ2v) is 10.5. The fourth-order valence-corrected chi connectivity index (χ4v) is 5.87. The number of unbranched alkanes of at least 4 members (excludes halogenated alkanes) is 1. The van der Waals surface area contributed by atoms with Gasteiger partial charge in [0.2, 0.25) is 0 Å². The van der Waals surface area contributed by atoms with Gasteiger partial charge in [0.05, 0.1) is 23.8 Å². The molecule has 0 radical (unpaired) electrons. The lowest BCUT2D eigenvalue weighted by Crippen LogP contribution is -2.17. The van der Waals surface area contributed by atoms with E-state index in [0.717, 1.165) is 43.4 Å². The van der Waals surface area contributed by atoms with Gasteiger partial charge in [-0.05, 0) is 91.9 Å². The maximum absolute atomic E-state index is 12.9. The minimum absolute atomic E-state index is 0.280. The van der Waals surface area contributed by atoms with Crippen LogP contribution >= 0.6 is 0 Å². The Morgan fingerprint density at radius 3 is 2.63 bits per heavy atom. The Kier molecular flexibility index (Phi) is 6.67. The van der Waals surface area contributed by atoms with Gasteiger partial charge in [0, 0.05) is 30.6 Å². The zero-order chi connectivity index (χ0) is 24.5. The molecule has 2 aliphatic rings. The number of carbonyl (C=O) groups excluding carboxylic acids is 1. The third kappa shape index (κ3) is 4.73. The van der Waals surface area contributed by atoms with Crippen LogP contribution in [0.4, 0.5) is 4.79 Å². The van der Waals surface area contributed by atoms with Gasteiger partial charge in [-0.3, -0.25) is 4.57 Å². The number of hydrogen-bond acceptors (Lipinski definition) is 4. The summed E-state index contributed by atoms with van der Waals surface area (Å²) in [5, 5.41) is 10.4. The summed E-state index contributed by atoms with van der Waals surface area (Å²) < 4.78 is 7.26. The molecule has 5 rings (SSSR count). The lowest BCUT2D eigenvalue weighted by molar-refractivity contribution is 0.147. The molecule has 0 bridgehead atoms. The minimum atomic E-state index is -0.280. The summed E-state index contributed by atoms with van der Waals surface area (Å²) in [5.74, 6) is 1.55. The zero-order valence-corrected chi connectivity index (χ0v) is 21.1. The number of ether oxygens (including phenoxy) is 1. The number of hydrogen-bond donors (Lipinski definition) is 0. The lowest BCUT2D eigenvalue weighted by atomic mass is 9.82. The number of aromatic nitrogens is 1. The number of fused-ring (bicyclic) bond motifs is 1. The van der Waals surface area contributed by atoms with Crippen LogP contribution in [0.25, 0.3) is 10.9 Å². The predicted octanol–water partition coefficient (Wildman–Crippen LogP) is 6.37. The molecule has 1 aromatic heterocycles. The van der Waals surface area contributed by atoms with Crippen LogP contribution in [0.1, 0.15) is 72.3 Å². The molecular weight excluding hydrogens is 434 g/mol. The summed E-state index contributed by atoms with van der Waals surface area (Å²) in [6.45, 7) is 6.75. The van der Waals surface area contributed by atoms with Gasteiger partial charge >= 0.3 is 6.09 Å². The van der Waals surface area contributed by atoms with Gasteiger partial charge in [-0.1, -0.05) is 31.5 Å². The Balaban J connectivity index is 1.51. The average Bonchev–Trinajstić information content (AvgIpc) is 3.49. The summed E-state index contributed by atoms with van der Waals surface area (Å²) in [6.07, 6.45) is 6.99. The molecule has 5 nitrogen and oxygen atoms in total. The molecule has 1 saturated carbocycles. The number of likely N-dealkylation sites (tertiary alicyclic amines) is 1. The first kappa shape index (κ1) is 23.6. The molecule has 5 heteroatoms. The van der Waals surface area contributed by atoms with Gasteiger partial charge in [-0.2, -0.15) is 5.26 Å². The summed E-state index contributed by atoms with van der Waals surface area (Å²) in [7, 11) is 2.20. The van der Waals surface area contributed by atoms with Crippen molar-refractivity contribution in [3.05, 3.63) is 70.4 Å². The van der Waals surface area contributed by atoms with Gasteiger partial charge in [0.25, 0.3) is 0 Å². The van der Waals surface area contributed by atoms with Crippen LogP contribution in [0.15, 0.2) is 42.6 Å². The maximum Gasteiger partial charge on any atom is 0.418 e. The normalized spacial score (nSPS) is 20.3. The van der Waals surface area contributed by atoms with E-state index in [1.807, 2.05) is 18.3 Å². The fourth-order valence-electron chi connectivity index (χ4n) is 5.87. The van der Waals surface area contributed by atoms with Crippen molar-refractivity contribution in [1.82, 2.24) is 9.47 Å². The molecule has 1 aliphatic carbocycles. The zero-order valence-electron chi connectivity index (χ0n) is 21.1. The summed E-state index contributed by atoms with van der Waals surface area (Å²) in [6, 6.07) is 14.8. The van der Waals surface area contributed by atoms with Crippen LogP contribution in [-0.2, 0) is 11.2 Å². The number of benzene rings is 2. The van der Waals surface area contributed by atoms with E-state index in [9.17, 15) is 10.1 Å². The average molecular weight is 470 g/mol. The Morgan fingerprint density at radius 1 is 1.17 bits per heavy atom. The number of aryl methyl sites for hydroxylation is 1. The predicted molar refractivity (Wildman–Crippen MR) is 139 cm³/mol. The molecule has 2 fully saturated rings. The first-order valence-corrected chi connectivity index (χ1v) is 13.0.